The van der Waals surface area contributed by atoms with E-state index in [2.05, 4.69) is 0 Å². The minimum Gasteiger partial charge on any atom is -0.276 e. The highest BCUT2D eigenvalue weighted by Crippen LogP contribution is 2.19. The van der Waals surface area contributed by atoms with Crippen molar-refractivity contribution in [3.05, 3.63) is 32.6 Å². The Morgan fingerprint density at radius 3 is 2.69 bits per heavy atom. The lowest BCUT2D eigenvalue weighted by atomic mass is 10.1. The first-order chi connectivity index (χ1) is 6.07. The van der Waals surface area contributed by atoms with E-state index in [1.165, 1.54) is 12.1 Å². The van der Waals surface area contributed by atoms with Crippen molar-refractivity contribution in [1.29, 1.82) is 5.26 Å². The molecule has 0 aliphatic carbocycles. The number of hydrogen-bond acceptors (Lipinski definition) is 2. The second kappa shape index (κ2) is 4.03. The van der Waals surface area contributed by atoms with Gasteiger partial charge in [0.2, 0.25) is 0 Å². The van der Waals surface area contributed by atoms with Crippen molar-refractivity contribution in [3.63, 3.8) is 0 Å². The van der Waals surface area contributed by atoms with E-state index < -0.39 is 11.1 Å². The molecule has 66 valence electrons. The first kappa shape index (κ1) is 10.4. The van der Waals surface area contributed by atoms with Crippen molar-refractivity contribution < 1.29 is 9.18 Å². The summed E-state index contributed by atoms with van der Waals surface area (Å²) in [7, 11) is 0. The van der Waals surface area contributed by atoms with Crippen LogP contribution in [-0.4, -0.2) is 5.24 Å². The van der Waals surface area contributed by atoms with Crippen molar-refractivity contribution in [2.45, 2.75) is 0 Å². The Morgan fingerprint density at radius 2 is 2.23 bits per heavy atom. The molecule has 0 aromatic heterocycles. The topological polar surface area (TPSA) is 40.9 Å². The number of nitrogens with zero attached hydrogens (tertiary/aromatic N) is 1. The molecule has 0 radical (unpaired) electrons. The minimum atomic E-state index is -0.827. The summed E-state index contributed by atoms with van der Waals surface area (Å²) in [4.78, 5) is 10.7. The summed E-state index contributed by atoms with van der Waals surface area (Å²) in [6, 6.07) is 4.33. The standard InChI is InChI=1S/C8H2ClFINO/c9-8(13)4-1-2-6(11)7(10)5(4)3-12/h1-2H. The van der Waals surface area contributed by atoms with Gasteiger partial charge in [-0.05, 0) is 46.3 Å². The van der Waals surface area contributed by atoms with E-state index in [9.17, 15) is 9.18 Å². The molecular formula is C8H2ClFINO. The van der Waals surface area contributed by atoms with Gasteiger partial charge in [-0.1, -0.05) is 0 Å². The fraction of sp³-hybridized carbons (Fsp3) is 0. The molecule has 0 aliphatic heterocycles. The van der Waals surface area contributed by atoms with Gasteiger partial charge in [-0.3, -0.25) is 4.79 Å². The van der Waals surface area contributed by atoms with Gasteiger partial charge >= 0.3 is 0 Å². The van der Waals surface area contributed by atoms with E-state index in [0.717, 1.165) is 0 Å². The summed E-state index contributed by atoms with van der Waals surface area (Å²) in [5, 5.41) is 7.74. The smallest absolute Gasteiger partial charge is 0.253 e. The number of halogens is 3. The Balaban J connectivity index is 3.50. The lowest BCUT2D eigenvalue weighted by molar-refractivity contribution is 0.108. The Kier molecular flexibility index (Phi) is 3.22. The van der Waals surface area contributed by atoms with Gasteiger partial charge in [-0.15, -0.1) is 0 Å². The normalized spacial score (nSPS) is 9.38. The largest absolute Gasteiger partial charge is 0.276 e. The SMILES string of the molecule is N#Cc1c(C(=O)Cl)ccc(I)c1F. The van der Waals surface area contributed by atoms with Gasteiger partial charge in [-0.25, -0.2) is 4.39 Å². The summed E-state index contributed by atoms with van der Waals surface area (Å²) < 4.78 is 13.5. The molecule has 0 unspecified atom stereocenters. The third-order valence-corrected chi connectivity index (χ3v) is 2.46. The van der Waals surface area contributed by atoms with E-state index >= 15 is 0 Å². The molecule has 1 aromatic carbocycles. The van der Waals surface area contributed by atoms with Crippen molar-refractivity contribution in [1.82, 2.24) is 0 Å². The maximum atomic E-state index is 13.2. The van der Waals surface area contributed by atoms with Crippen molar-refractivity contribution in [2.24, 2.45) is 0 Å². The first-order valence-electron chi connectivity index (χ1n) is 3.16. The Morgan fingerprint density at radius 1 is 1.62 bits per heavy atom. The summed E-state index contributed by atoms with van der Waals surface area (Å²) in [5.41, 5.74) is -0.394. The second-order valence-corrected chi connectivity index (χ2v) is 3.67. The maximum Gasteiger partial charge on any atom is 0.253 e. The molecule has 13 heavy (non-hydrogen) atoms. The molecule has 1 aromatic rings. The zero-order valence-electron chi connectivity index (χ0n) is 6.14. The molecule has 0 saturated carbocycles. The highest BCUT2D eigenvalue weighted by molar-refractivity contribution is 14.1. The van der Waals surface area contributed by atoms with Gasteiger partial charge in [0, 0.05) is 0 Å². The molecule has 0 heterocycles. The van der Waals surface area contributed by atoms with Crippen LogP contribution in [0.4, 0.5) is 4.39 Å². The molecule has 0 N–H and O–H groups in total. The Bertz CT molecular complexity index is 413. The quantitative estimate of drug-likeness (QED) is 0.591. The van der Waals surface area contributed by atoms with Crippen LogP contribution in [0.15, 0.2) is 12.1 Å². The van der Waals surface area contributed by atoms with Crippen LogP contribution < -0.4 is 0 Å². The van der Waals surface area contributed by atoms with Crippen LogP contribution in [0.1, 0.15) is 15.9 Å². The van der Waals surface area contributed by atoms with Gasteiger partial charge in [0.05, 0.1) is 9.13 Å². The molecule has 0 spiro atoms. The summed E-state index contributed by atoms with van der Waals surface area (Å²) >= 11 is 6.89. The van der Waals surface area contributed by atoms with E-state index in [4.69, 9.17) is 16.9 Å². The fourth-order valence-corrected chi connectivity index (χ4v) is 1.43. The van der Waals surface area contributed by atoms with Gasteiger partial charge in [0.15, 0.2) is 5.82 Å². The molecule has 0 amide bonds. The molecular weight excluding hydrogens is 307 g/mol. The molecule has 0 bridgehead atoms. The van der Waals surface area contributed by atoms with Crippen LogP contribution in [0.5, 0.6) is 0 Å². The van der Waals surface area contributed by atoms with Crippen LogP contribution in [0.2, 0.25) is 0 Å². The van der Waals surface area contributed by atoms with Crippen LogP contribution in [0, 0.1) is 20.7 Å². The second-order valence-electron chi connectivity index (χ2n) is 2.17. The zero-order chi connectivity index (χ0) is 10.0. The van der Waals surface area contributed by atoms with Gasteiger partial charge in [-0.2, -0.15) is 5.26 Å². The van der Waals surface area contributed by atoms with Gasteiger partial charge in [0.25, 0.3) is 5.24 Å². The predicted octanol–water partition coefficient (Wildman–Crippen LogP) is 2.68. The van der Waals surface area contributed by atoms with Gasteiger partial charge < -0.3 is 0 Å². The highest BCUT2D eigenvalue weighted by Gasteiger charge is 2.15. The Hall–Kier alpha value is -0.670. The number of benzene rings is 1. The Labute approximate surface area is 92.4 Å². The maximum absolute atomic E-state index is 13.2. The first-order valence-corrected chi connectivity index (χ1v) is 4.61. The molecule has 0 fully saturated rings. The van der Waals surface area contributed by atoms with Crippen LogP contribution in [0.25, 0.3) is 0 Å². The van der Waals surface area contributed by atoms with Crippen molar-refractivity contribution >= 4 is 39.4 Å². The average Bonchev–Trinajstić information content (AvgIpc) is 2.09. The third-order valence-electron chi connectivity index (χ3n) is 1.42. The van der Waals surface area contributed by atoms with Crippen molar-refractivity contribution in [3.8, 4) is 6.07 Å². The third kappa shape index (κ3) is 1.98. The van der Waals surface area contributed by atoms with Crippen molar-refractivity contribution in [2.75, 3.05) is 0 Å². The van der Waals surface area contributed by atoms with E-state index in [1.807, 2.05) is 0 Å². The lowest BCUT2D eigenvalue weighted by Crippen LogP contribution is -1.99. The van der Waals surface area contributed by atoms with Crippen LogP contribution in [0.3, 0.4) is 0 Å². The monoisotopic (exact) mass is 309 g/mol. The van der Waals surface area contributed by atoms with E-state index in [-0.39, 0.29) is 14.7 Å². The molecule has 5 heteroatoms. The van der Waals surface area contributed by atoms with Crippen LogP contribution in [-0.2, 0) is 0 Å². The number of hydrogen-bond donors (Lipinski definition) is 0. The van der Waals surface area contributed by atoms with Gasteiger partial charge in [0.1, 0.15) is 11.6 Å². The molecule has 2 nitrogen and oxygen atoms in total. The molecule has 0 aliphatic rings. The summed E-state index contributed by atoms with van der Waals surface area (Å²) in [6.45, 7) is 0. The molecule has 0 saturated heterocycles. The predicted molar refractivity (Wildman–Crippen MR) is 54.0 cm³/mol. The lowest BCUT2D eigenvalue weighted by Gasteiger charge is -2.00. The number of carbonyl (C=O) groups excluding carboxylic acids is 1. The minimum absolute atomic E-state index is 0.0953. The summed E-state index contributed by atoms with van der Waals surface area (Å²) in [5.74, 6) is -0.699. The van der Waals surface area contributed by atoms with E-state index in [1.54, 1.807) is 28.7 Å². The average molecular weight is 309 g/mol. The molecule has 0 atom stereocenters. The summed E-state index contributed by atoms with van der Waals surface area (Å²) in [6.07, 6.45) is 0. The fourth-order valence-electron chi connectivity index (χ4n) is 0.824. The number of nitriles is 1. The number of carbonyl (C=O) groups is 1. The molecule has 1 rings (SSSR count). The van der Waals surface area contributed by atoms with E-state index in [0.29, 0.717) is 0 Å². The highest BCUT2D eigenvalue weighted by atomic mass is 127. The van der Waals surface area contributed by atoms with Crippen LogP contribution >= 0.6 is 34.2 Å². The number of rotatable bonds is 1. The zero-order valence-corrected chi connectivity index (χ0v) is 9.06.